The Balaban J connectivity index is 1.88. The maximum Gasteiger partial charge on any atom is 0.169 e. The molecule has 0 amide bonds. The van der Waals surface area contributed by atoms with Gasteiger partial charge in [0.2, 0.25) is 0 Å². The van der Waals surface area contributed by atoms with Crippen molar-refractivity contribution in [2.75, 3.05) is 0 Å². The van der Waals surface area contributed by atoms with Crippen molar-refractivity contribution in [3.8, 4) is 0 Å². The Hall–Kier alpha value is -1.77. The molecule has 0 bridgehead atoms. The highest BCUT2D eigenvalue weighted by Crippen LogP contribution is 2.60. The van der Waals surface area contributed by atoms with Gasteiger partial charge in [0, 0.05) is 32.9 Å². The van der Waals surface area contributed by atoms with E-state index in [1.54, 1.807) is 0 Å². The van der Waals surface area contributed by atoms with Crippen molar-refractivity contribution in [2.45, 2.75) is 122 Å². The number of Topliss-reactive ketones (excluding diaryl/α,β-unsaturated/α-hetero) is 3. The molecule has 0 spiro atoms. The Kier molecular flexibility index (Phi) is 7.06. The molecule has 0 aromatic heterocycles. The normalized spacial score (nSPS) is 38.6. The van der Waals surface area contributed by atoms with Gasteiger partial charge in [-0.2, -0.15) is 0 Å². The highest BCUT2D eigenvalue weighted by atomic mass is 16.1. The molecule has 3 aliphatic rings. The zero-order valence-corrected chi connectivity index (χ0v) is 26.9. The van der Waals surface area contributed by atoms with E-state index in [0.717, 1.165) is 38.5 Å². The molecule has 0 unspecified atom stereocenters. The van der Waals surface area contributed by atoms with Gasteiger partial charge in [-0.1, -0.05) is 83.1 Å². The minimum atomic E-state index is -0.537. The van der Waals surface area contributed by atoms with Gasteiger partial charge in [0.1, 0.15) is 0 Å². The molecular formula is C36H54O3. The average molecular weight is 535 g/mol. The van der Waals surface area contributed by atoms with Crippen LogP contribution in [0.4, 0.5) is 0 Å². The van der Waals surface area contributed by atoms with Crippen LogP contribution in [0.3, 0.4) is 0 Å². The number of rotatable bonds is 6. The molecule has 3 aliphatic carbocycles. The van der Waals surface area contributed by atoms with Gasteiger partial charge in [-0.05, 0) is 90.7 Å². The fourth-order valence-corrected chi connectivity index (χ4v) is 8.39. The average Bonchev–Trinajstić information content (AvgIpc) is 3.33. The third-order valence-corrected chi connectivity index (χ3v) is 14.4. The second kappa shape index (κ2) is 9.12. The van der Waals surface area contributed by atoms with E-state index in [2.05, 4.69) is 83.1 Å². The highest BCUT2D eigenvalue weighted by molar-refractivity contribution is 6.10. The molecule has 39 heavy (non-hydrogen) atoms. The van der Waals surface area contributed by atoms with E-state index in [-0.39, 0.29) is 33.6 Å². The van der Waals surface area contributed by atoms with Gasteiger partial charge in [0.25, 0.3) is 0 Å². The largest absolute Gasteiger partial charge is 0.294 e. The minimum Gasteiger partial charge on any atom is -0.294 e. The van der Waals surface area contributed by atoms with E-state index in [1.165, 1.54) is 0 Å². The first kappa shape index (κ1) is 30.2. The standard InChI is InChI=1S/C36H54O3/c1-22-13-16-34(10,31(22,4)5)28(37)25-19-26(29(38)35(11)17-14-23(2)32(35,6)7)21-27(20-25)30(39)36(12)18-15-24(3)33(36,8)9/h19-24H,13-18H2,1-12H3/t22-,23-,24+,34-,35-,36+/m1/s1. The Morgan fingerprint density at radius 3 is 0.846 bits per heavy atom. The zero-order valence-electron chi connectivity index (χ0n) is 26.9. The number of ketones is 3. The molecule has 3 saturated carbocycles. The Bertz CT molecular complexity index is 1040. The number of hydrogen-bond donors (Lipinski definition) is 0. The lowest BCUT2D eigenvalue weighted by atomic mass is 9.61. The van der Waals surface area contributed by atoms with Crippen LogP contribution >= 0.6 is 0 Å². The molecule has 3 heteroatoms. The first-order chi connectivity index (χ1) is 17.7. The highest BCUT2D eigenvalue weighted by Gasteiger charge is 2.57. The van der Waals surface area contributed by atoms with E-state index in [1.807, 2.05) is 18.2 Å². The number of carbonyl (C=O) groups is 3. The summed E-state index contributed by atoms with van der Waals surface area (Å²) in [5.74, 6) is 1.52. The Labute approximate surface area is 238 Å². The summed E-state index contributed by atoms with van der Waals surface area (Å²) in [6.45, 7) is 26.2. The van der Waals surface area contributed by atoms with E-state index >= 15 is 0 Å². The van der Waals surface area contributed by atoms with Crippen molar-refractivity contribution in [1.82, 2.24) is 0 Å². The number of hydrogen-bond acceptors (Lipinski definition) is 3. The first-order valence-corrected chi connectivity index (χ1v) is 15.5. The van der Waals surface area contributed by atoms with Gasteiger partial charge in [-0.3, -0.25) is 14.4 Å². The van der Waals surface area contributed by atoms with E-state index in [4.69, 9.17) is 0 Å². The maximum absolute atomic E-state index is 14.4. The monoisotopic (exact) mass is 534 g/mol. The van der Waals surface area contributed by atoms with Crippen LogP contribution < -0.4 is 0 Å². The van der Waals surface area contributed by atoms with Crippen LogP contribution in [-0.2, 0) is 0 Å². The van der Waals surface area contributed by atoms with Crippen molar-refractivity contribution >= 4 is 17.3 Å². The van der Waals surface area contributed by atoms with Gasteiger partial charge in [0.05, 0.1) is 0 Å². The van der Waals surface area contributed by atoms with Crippen LogP contribution in [0.1, 0.15) is 153 Å². The van der Waals surface area contributed by atoms with Gasteiger partial charge in [0.15, 0.2) is 17.3 Å². The van der Waals surface area contributed by atoms with Gasteiger partial charge in [-0.25, -0.2) is 0 Å². The molecule has 0 heterocycles. The number of benzene rings is 1. The molecule has 0 saturated heterocycles. The molecule has 3 nitrogen and oxygen atoms in total. The van der Waals surface area contributed by atoms with Crippen molar-refractivity contribution in [3.63, 3.8) is 0 Å². The minimum absolute atomic E-state index is 0.0777. The summed E-state index contributed by atoms with van der Waals surface area (Å²) in [5, 5.41) is 0. The molecule has 3 fully saturated rings. The zero-order chi connectivity index (χ0) is 29.6. The topological polar surface area (TPSA) is 51.2 Å². The SMILES string of the molecule is C[C@@H]1CC[C@](C)(C(=O)c2cc(C(=O)[C@]3(C)CC[C@H](C)C3(C)C)cc(C(=O)[C@@]3(C)CC[C@@H](C)C3(C)C)c2)C1(C)C. The number of carbonyl (C=O) groups excluding carboxylic acids is 3. The van der Waals surface area contributed by atoms with Crippen molar-refractivity contribution in [2.24, 2.45) is 50.2 Å². The summed E-state index contributed by atoms with van der Waals surface area (Å²) in [6.07, 6.45) is 5.50. The third-order valence-electron chi connectivity index (χ3n) is 14.4. The second-order valence-corrected chi connectivity index (χ2v) is 16.3. The lowest BCUT2D eigenvalue weighted by Crippen LogP contribution is -2.42. The molecule has 4 rings (SSSR count). The van der Waals surface area contributed by atoms with E-state index in [9.17, 15) is 14.4 Å². The van der Waals surface area contributed by atoms with Crippen molar-refractivity contribution < 1.29 is 14.4 Å². The van der Waals surface area contributed by atoms with Gasteiger partial charge in [-0.15, -0.1) is 0 Å². The van der Waals surface area contributed by atoms with E-state index in [0.29, 0.717) is 34.4 Å². The molecule has 1 aromatic carbocycles. The van der Waals surface area contributed by atoms with Crippen LogP contribution in [0, 0.1) is 50.2 Å². The predicted molar refractivity (Wildman–Crippen MR) is 160 cm³/mol. The van der Waals surface area contributed by atoms with Gasteiger partial charge >= 0.3 is 0 Å². The lowest BCUT2D eigenvalue weighted by Gasteiger charge is -2.41. The van der Waals surface area contributed by atoms with Crippen LogP contribution in [0.5, 0.6) is 0 Å². The predicted octanol–water partition coefficient (Wildman–Crippen LogP) is 9.62. The molecule has 6 atom stereocenters. The van der Waals surface area contributed by atoms with Crippen LogP contribution in [0.15, 0.2) is 18.2 Å². The van der Waals surface area contributed by atoms with Crippen LogP contribution in [-0.4, -0.2) is 17.3 Å². The quantitative estimate of drug-likeness (QED) is 0.341. The summed E-state index contributed by atoms with van der Waals surface area (Å²) in [5.41, 5.74) is -0.510. The molecule has 0 N–H and O–H groups in total. The summed E-state index contributed by atoms with van der Waals surface area (Å²) in [4.78, 5) is 43.3. The lowest BCUT2D eigenvalue weighted by molar-refractivity contribution is 0.0539. The Morgan fingerprint density at radius 1 is 0.487 bits per heavy atom. The van der Waals surface area contributed by atoms with E-state index < -0.39 is 16.2 Å². The smallest absolute Gasteiger partial charge is 0.169 e. The maximum atomic E-state index is 14.4. The van der Waals surface area contributed by atoms with Crippen molar-refractivity contribution in [3.05, 3.63) is 34.9 Å². The second-order valence-electron chi connectivity index (χ2n) is 16.3. The third kappa shape index (κ3) is 3.98. The fraction of sp³-hybridized carbons (Fsp3) is 0.750. The van der Waals surface area contributed by atoms with Crippen molar-refractivity contribution in [1.29, 1.82) is 0 Å². The molecule has 0 aliphatic heterocycles. The van der Waals surface area contributed by atoms with Gasteiger partial charge < -0.3 is 0 Å². The summed E-state index contributed by atoms with van der Waals surface area (Å²) < 4.78 is 0. The first-order valence-electron chi connectivity index (χ1n) is 15.5. The molecule has 0 radical (unpaired) electrons. The Morgan fingerprint density at radius 2 is 0.692 bits per heavy atom. The summed E-state index contributed by atoms with van der Waals surface area (Å²) in [7, 11) is 0. The fourth-order valence-electron chi connectivity index (χ4n) is 8.39. The molecular weight excluding hydrogens is 480 g/mol. The molecule has 216 valence electrons. The van der Waals surface area contributed by atoms with Crippen LogP contribution in [0.2, 0.25) is 0 Å². The molecule has 1 aromatic rings. The van der Waals surface area contributed by atoms with Crippen LogP contribution in [0.25, 0.3) is 0 Å². The summed E-state index contributed by atoms with van der Waals surface area (Å²) >= 11 is 0. The summed E-state index contributed by atoms with van der Waals surface area (Å²) in [6, 6.07) is 5.50.